The Kier molecular flexibility index (Phi) is 9.56. The van der Waals surface area contributed by atoms with E-state index in [9.17, 15) is 9.90 Å². The number of para-hydroxylation sites is 2. The molecule has 7 rings (SSSR count). The van der Waals surface area contributed by atoms with Gasteiger partial charge in [0.2, 0.25) is 0 Å². The monoisotopic (exact) mass is 638 g/mol. The highest BCUT2D eigenvalue weighted by Gasteiger charge is 2.33. The summed E-state index contributed by atoms with van der Waals surface area (Å²) in [6.45, 7) is 1.52. The van der Waals surface area contributed by atoms with Gasteiger partial charge in [0.05, 0.1) is 42.7 Å². The normalized spacial score (nSPS) is 17.6. The molecule has 0 bridgehead atoms. The van der Waals surface area contributed by atoms with Gasteiger partial charge >= 0.3 is 6.03 Å². The fourth-order valence-corrected chi connectivity index (χ4v) is 6.16. The highest BCUT2D eigenvalue weighted by Crippen LogP contribution is 2.39. The number of rotatable bonds is 10. The molecule has 0 aliphatic carbocycles. The van der Waals surface area contributed by atoms with E-state index in [4.69, 9.17) is 9.47 Å². The summed E-state index contributed by atoms with van der Waals surface area (Å²) in [6, 6.07) is 42.1. The van der Waals surface area contributed by atoms with E-state index in [0.717, 1.165) is 50.0 Å². The molecule has 8 nitrogen and oxygen atoms in total. The van der Waals surface area contributed by atoms with Crippen LogP contribution in [-0.4, -0.2) is 26.8 Å². The molecule has 3 unspecified atom stereocenters. The van der Waals surface area contributed by atoms with Gasteiger partial charge in [0.15, 0.2) is 6.29 Å². The van der Waals surface area contributed by atoms with Crippen LogP contribution in [0.5, 0.6) is 0 Å². The van der Waals surface area contributed by atoms with E-state index in [1.807, 2.05) is 103 Å². The van der Waals surface area contributed by atoms with Gasteiger partial charge < -0.3 is 29.8 Å². The Morgan fingerprint density at radius 3 is 2.25 bits per heavy atom. The Hall–Kier alpha value is -5.28. The molecule has 1 fully saturated rings. The lowest BCUT2D eigenvalue weighted by atomic mass is 9.98. The van der Waals surface area contributed by atoms with Crippen molar-refractivity contribution in [2.45, 2.75) is 51.2 Å². The highest BCUT2D eigenvalue weighted by molar-refractivity contribution is 5.75. The molecule has 6 aromatic rings. The summed E-state index contributed by atoms with van der Waals surface area (Å²) in [6.07, 6.45) is 1.64. The molecule has 1 aliphatic rings. The van der Waals surface area contributed by atoms with Gasteiger partial charge in [0.1, 0.15) is 0 Å². The van der Waals surface area contributed by atoms with Crippen molar-refractivity contribution >= 4 is 17.1 Å². The first kappa shape index (κ1) is 31.3. The van der Waals surface area contributed by atoms with E-state index < -0.39 is 6.29 Å². The van der Waals surface area contributed by atoms with Crippen LogP contribution in [0.1, 0.15) is 46.6 Å². The van der Waals surface area contributed by atoms with Crippen LogP contribution in [0, 0.1) is 0 Å². The average molecular weight is 639 g/mol. The molecule has 1 aromatic heterocycles. The lowest BCUT2D eigenvalue weighted by Gasteiger charge is -2.36. The largest absolute Gasteiger partial charge is 0.392 e. The second-order valence-electron chi connectivity index (χ2n) is 12.1. The SMILES string of the molecule is O=C(NCc1ccccc1)NCc1cccc(-c2cccc(C3OC(Cn4cnc5ccccc54)CC(c4ccc(CO)cc4)O3)c2)c1. The predicted molar refractivity (Wildman–Crippen MR) is 186 cm³/mol. The number of urea groups is 1. The summed E-state index contributed by atoms with van der Waals surface area (Å²) < 4.78 is 15.4. The molecule has 48 heavy (non-hydrogen) atoms. The Morgan fingerprint density at radius 1 is 0.729 bits per heavy atom. The number of carbonyl (C=O) groups is 1. The maximum Gasteiger partial charge on any atom is 0.315 e. The van der Waals surface area contributed by atoms with Crippen molar-refractivity contribution in [3.8, 4) is 11.1 Å². The number of carbonyl (C=O) groups excluding carboxylic acids is 1. The second-order valence-corrected chi connectivity index (χ2v) is 12.1. The Balaban J connectivity index is 1.08. The van der Waals surface area contributed by atoms with Crippen molar-refractivity contribution in [2.24, 2.45) is 0 Å². The fraction of sp³-hybridized carbons (Fsp3) is 0.200. The number of ether oxygens (including phenoxy) is 2. The van der Waals surface area contributed by atoms with Crippen LogP contribution in [0.25, 0.3) is 22.2 Å². The summed E-state index contributed by atoms with van der Waals surface area (Å²) in [5.41, 5.74) is 8.97. The van der Waals surface area contributed by atoms with Crippen LogP contribution in [-0.2, 0) is 35.7 Å². The van der Waals surface area contributed by atoms with Crippen LogP contribution in [0.3, 0.4) is 0 Å². The number of aromatic nitrogens is 2. The van der Waals surface area contributed by atoms with E-state index in [-0.39, 0.29) is 24.8 Å². The first-order chi connectivity index (χ1) is 23.6. The number of fused-ring (bicyclic) bond motifs is 1. The molecule has 2 heterocycles. The number of aliphatic hydroxyl groups is 1. The maximum atomic E-state index is 12.5. The Labute approximate surface area is 280 Å². The third-order valence-corrected chi connectivity index (χ3v) is 8.71. The summed E-state index contributed by atoms with van der Waals surface area (Å²) in [5.74, 6) is 0. The molecular weight excluding hydrogens is 600 g/mol. The molecule has 1 aliphatic heterocycles. The van der Waals surface area contributed by atoms with Gasteiger partial charge in [0, 0.05) is 25.1 Å². The number of nitrogens with zero attached hydrogens (tertiary/aromatic N) is 2. The van der Waals surface area contributed by atoms with Crippen LogP contribution in [0.15, 0.2) is 134 Å². The molecule has 0 radical (unpaired) electrons. The van der Waals surface area contributed by atoms with Crippen molar-refractivity contribution in [3.05, 3.63) is 162 Å². The van der Waals surface area contributed by atoms with Crippen molar-refractivity contribution in [1.29, 1.82) is 0 Å². The molecule has 2 amide bonds. The maximum absolute atomic E-state index is 12.5. The van der Waals surface area contributed by atoms with E-state index in [1.165, 1.54) is 0 Å². The van der Waals surface area contributed by atoms with Gasteiger partial charge in [-0.1, -0.05) is 103 Å². The van der Waals surface area contributed by atoms with Crippen molar-refractivity contribution in [2.75, 3.05) is 0 Å². The van der Waals surface area contributed by atoms with Crippen LogP contribution >= 0.6 is 0 Å². The third-order valence-electron chi connectivity index (χ3n) is 8.71. The Bertz CT molecular complexity index is 1980. The molecule has 0 spiro atoms. The van der Waals surface area contributed by atoms with Gasteiger partial charge in [-0.05, 0) is 57.6 Å². The summed E-state index contributed by atoms with van der Waals surface area (Å²) in [7, 11) is 0. The van der Waals surface area contributed by atoms with E-state index in [2.05, 4.69) is 50.5 Å². The van der Waals surface area contributed by atoms with Crippen molar-refractivity contribution < 1.29 is 19.4 Å². The van der Waals surface area contributed by atoms with Crippen molar-refractivity contribution in [1.82, 2.24) is 20.2 Å². The molecule has 5 aromatic carbocycles. The molecule has 242 valence electrons. The highest BCUT2D eigenvalue weighted by atomic mass is 16.7. The number of amides is 2. The average Bonchev–Trinajstić information content (AvgIpc) is 3.56. The van der Waals surface area contributed by atoms with Gasteiger partial charge in [-0.3, -0.25) is 0 Å². The van der Waals surface area contributed by atoms with E-state index in [1.54, 1.807) is 0 Å². The van der Waals surface area contributed by atoms with Gasteiger partial charge in [-0.25, -0.2) is 9.78 Å². The molecule has 3 N–H and O–H groups in total. The molecule has 1 saturated heterocycles. The molecule has 0 saturated carbocycles. The Morgan fingerprint density at radius 2 is 1.44 bits per heavy atom. The second kappa shape index (κ2) is 14.6. The third kappa shape index (κ3) is 7.47. The number of aliphatic hydroxyl groups excluding tert-OH is 1. The zero-order chi connectivity index (χ0) is 32.7. The smallest absolute Gasteiger partial charge is 0.315 e. The minimum atomic E-state index is -0.584. The number of hydrogen-bond acceptors (Lipinski definition) is 5. The zero-order valence-corrected chi connectivity index (χ0v) is 26.5. The lowest BCUT2D eigenvalue weighted by molar-refractivity contribution is -0.252. The summed E-state index contributed by atoms with van der Waals surface area (Å²) in [4.78, 5) is 17.0. The van der Waals surface area contributed by atoms with Gasteiger partial charge in [-0.15, -0.1) is 0 Å². The topological polar surface area (TPSA) is 97.6 Å². The van der Waals surface area contributed by atoms with Crippen molar-refractivity contribution in [3.63, 3.8) is 0 Å². The number of benzene rings is 5. The van der Waals surface area contributed by atoms with Gasteiger partial charge in [-0.2, -0.15) is 0 Å². The number of nitrogens with one attached hydrogen (secondary N) is 2. The standard InChI is InChI=1S/C40H38N4O4/c45-26-29-16-18-31(19-17-29)38-22-35(25-44-27-43-36-14-4-5-15-37(36)44)47-39(48-38)34-13-7-12-33(21-34)32-11-6-10-30(20-32)24-42-40(46)41-23-28-8-2-1-3-9-28/h1-21,27,35,38-39,45H,22-26H2,(H2,41,42,46). The molecule has 3 atom stereocenters. The van der Waals surface area contributed by atoms with Crippen LogP contribution in [0.2, 0.25) is 0 Å². The first-order valence-corrected chi connectivity index (χ1v) is 16.3. The lowest BCUT2D eigenvalue weighted by Crippen LogP contribution is -2.34. The predicted octanol–water partition coefficient (Wildman–Crippen LogP) is 7.44. The number of imidazole rings is 1. The van der Waals surface area contributed by atoms with Crippen LogP contribution in [0.4, 0.5) is 4.79 Å². The molecule has 8 heteroatoms. The minimum absolute atomic E-state index is 0.000616. The van der Waals surface area contributed by atoms with Crippen LogP contribution < -0.4 is 10.6 Å². The first-order valence-electron chi connectivity index (χ1n) is 16.3. The fourth-order valence-electron chi connectivity index (χ4n) is 6.16. The molecular formula is C40H38N4O4. The number of hydrogen-bond donors (Lipinski definition) is 3. The van der Waals surface area contributed by atoms with Gasteiger partial charge in [0.25, 0.3) is 0 Å². The summed E-state index contributed by atoms with van der Waals surface area (Å²) in [5, 5.41) is 15.4. The van der Waals surface area contributed by atoms with E-state index >= 15 is 0 Å². The minimum Gasteiger partial charge on any atom is -0.392 e. The van der Waals surface area contributed by atoms with E-state index in [0.29, 0.717) is 26.1 Å². The quantitative estimate of drug-likeness (QED) is 0.145. The zero-order valence-electron chi connectivity index (χ0n) is 26.5. The summed E-state index contributed by atoms with van der Waals surface area (Å²) >= 11 is 0.